The first-order valence-corrected chi connectivity index (χ1v) is 16.7. The molecule has 1 aliphatic heterocycles. The number of unbranched alkanes of at least 4 members (excludes halogenated alkanes) is 15. The highest BCUT2D eigenvalue weighted by Crippen LogP contribution is 2.26. The number of allylic oxidation sites excluding steroid dienone is 4. The molecule has 0 aromatic heterocycles. The lowest BCUT2D eigenvalue weighted by molar-refractivity contribution is 0.304. The van der Waals surface area contributed by atoms with E-state index in [0.29, 0.717) is 5.57 Å². The molecule has 2 aromatic rings. The number of ether oxygens (including phenoxy) is 1. The molecule has 0 saturated carbocycles. The van der Waals surface area contributed by atoms with E-state index >= 15 is 0 Å². The Morgan fingerprint density at radius 2 is 1.05 bits per heavy atom. The van der Waals surface area contributed by atoms with Crippen molar-refractivity contribution in [3.8, 4) is 17.9 Å². The van der Waals surface area contributed by atoms with Gasteiger partial charge in [0.2, 0.25) is 0 Å². The van der Waals surface area contributed by atoms with Crippen molar-refractivity contribution in [2.45, 2.75) is 110 Å². The maximum absolute atomic E-state index is 9.02. The minimum Gasteiger partial charge on any atom is -0.494 e. The number of benzene rings is 2. The zero-order valence-corrected chi connectivity index (χ0v) is 26.6. The maximum atomic E-state index is 9.02. The van der Waals surface area contributed by atoms with Crippen LogP contribution in [0.2, 0.25) is 0 Å². The molecule has 0 N–H and O–H groups in total. The van der Waals surface area contributed by atoms with Gasteiger partial charge >= 0.3 is 0 Å². The molecule has 0 aliphatic carbocycles. The van der Waals surface area contributed by atoms with Gasteiger partial charge in [-0.05, 0) is 67.1 Å². The van der Waals surface area contributed by atoms with E-state index in [9.17, 15) is 0 Å². The second-order valence-electron chi connectivity index (χ2n) is 11.5. The lowest BCUT2D eigenvalue weighted by atomic mass is 10.0. The number of rotatable bonds is 21. The van der Waals surface area contributed by atoms with E-state index < -0.39 is 0 Å². The monoisotopic (exact) mass is 591 g/mol. The Bertz CT molecular complexity index is 1260. The smallest absolute Gasteiger partial charge is 0.136 e. The van der Waals surface area contributed by atoms with Crippen LogP contribution in [0.5, 0.6) is 5.75 Å². The van der Waals surface area contributed by atoms with Gasteiger partial charge in [-0.1, -0.05) is 103 Å². The number of hydrogen-bond donors (Lipinski definition) is 0. The number of nitriles is 2. The molecular weight excluding hydrogens is 542 g/mol. The first-order valence-electron chi connectivity index (χ1n) is 16.7. The van der Waals surface area contributed by atoms with Crippen LogP contribution < -0.4 is 9.64 Å². The van der Waals surface area contributed by atoms with Crippen molar-refractivity contribution in [2.75, 3.05) is 11.5 Å². The fourth-order valence-electron chi connectivity index (χ4n) is 5.18. The van der Waals surface area contributed by atoms with Gasteiger partial charge in [0.1, 0.15) is 23.5 Å². The van der Waals surface area contributed by atoms with Crippen LogP contribution >= 0.6 is 0 Å². The maximum Gasteiger partial charge on any atom is 0.136 e. The third-order valence-corrected chi connectivity index (χ3v) is 7.87. The molecule has 0 saturated heterocycles. The van der Waals surface area contributed by atoms with Crippen LogP contribution in [0.1, 0.15) is 110 Å². The quantitative estimate of drug-likeness (QED) is 0.0821. The van der Waals surface area contributed by atoms with Crippen LogP contribution in [0, 0.1) is 22.7 Å². The fourth-order valence-corrected chi connectivity index (χ4v) is 5.18. The molecule has 6 nitrogen and oxygen atoms in total. The molecule has 0 bridgehead atoms. The van der Waals surface area contributed by atoms with Crippen LogP contribution in [0.4, 0.5) is 17.1 Å². The molecule has 3 rings (SSSR count). The highest BCUT2D eigenvalue weighted by Gasteiger charge is 2.07. The van der Waals surface area contributed by atoms with Crippen LogP contribution in [-0.2, 0) is 0 Å². The molecule has 232 valence electrons. The average molecular weight is 592 g/mol. The van der Waals surface area contributed by atoms with Gasteiger partial charge in [-0.15, -0.1) is 0 Å². The highest BCUT2D eigenvalue weighted by atomic mass is 16.5. The first-order chi connectivity index (χ1) is 21.7. The summed E-state index contributed by atoms with van der Waals surface area (Å²) in [5.41, 5.74) is 3.17. The first kappa shape index (κ1) is 34.3. The molecule has 0 spiro atoms. The zero-order valence-electron chi connectivity index (χ0n) is 26.6. The van der Waals surface area contributed by atoms with Gasteiger partial charge in [0.25, 0.3) is 0 Å². The van der Waals surface area contributed by atoms with Gasteiger partial charge in [0.05, 0.1) is 18.0 Å². The molecule has 1 heterocycles. The van der Waals surface area contributed by atoms with E-state index in [4.69, 9.17) is 15.3 Å². The predicted molar refractivity (Wildman–Crippen MR) is 181 cm³/mol. The summed E-state index contributed by atoms with van der Waals surface area (Å²) in [6, 6.07) is 19.3. The molecule has 2 aromatic carbocycles. The van der Waals surface area contributed by atoms with Crippen LogP contribution in [0.3, 0.4) is 0 Å². The third kappa shape index (κ3) is 13.4. The molecule has 0 fully saturated rings. The van der Waals surface area contributed by atoms with Crippen LogP contribution in [0.25, 0.3) is 0 Å². The van der Waals surface area contributed by atoms with Crippen molar-refractivity contribution in [1.29, 1.82) is 10.5 Å². The van der Waals surface area contributed by atoms with E-state index in [1.807, 2.05) is 78.0 Å². The fraction of sp³-hybridized carbons (Fsp3) is 0.474. The second-order valence-corrected chi connectivity index (χ2v) is 11.5. The lowest BCUT2D eigenvalue weighted by Gasteiger charge is -2.18. The SMILES string of the molecule is CCCCCCCCCCCCCCCCCCOc1ccc(N=Nc2ccc(N3C=CC(=C(C#N)C#N)C=C3)cc2)cc1. The zero-order chi connectivity index (χ0) is 31.1. The predicted octanol–water partition coefficient (Wildman–Crippen LogP) is 11.9. The standard InChI is InChI=1S/C38H49N5O/c1-2-3-4-5-6-7-8-9-10-11-12-13-14-15-16-17-30-44-38-24-20-36(21-25-38)42-41-35-18-22-37(23-19-35)43-28-26-33(27-29-43)34(31-39)32-40/h18-29H,2-17,30H2,1H3. The Morgan fingerprint density at radius 3 is 1.50 bits per heavy atom. The van der Waals surface area contributed by atoms with Gasteiger partial charge in [0, 0.05) is 23.7 Å². The van der Waals surface area contributed by atoms with E-state index in [-0.39, 0.29) is 5.57 Å². The topological polar surface area (TPSA) is 84.8 Å². The average Bonchev–Trinajstić information content (AvgIpc) is 3.07. The number of azo groups is 1. The van der Waals surface area contributed by atoms with Crippen molar-refractivity contribution in [2.24, 2.45) is 10.2 Å². The van der Waals surface area contributed by atoms with E-state index in [0.717, 1.165) is 35.8 Å². The Hall–Kier alpha value is -4.16. The summed E-state index contributed by atoms with van der Waals surface area (Å²) in [6.45, 7) is 3.04. The van der Waals surface area contributed by atoms with Crippen molar-refractivity contribution in [3.05, 3.63) is 84.2 Å². The molecule has 0 atom stereocenters. The Balaban J connectivity index is 1.22. The molecule has 0 radical (unpaired) electrons. The summed E-state index contributed by atoms with van der Waals surface area (Å²) in [7, 11) is 0. The van der Waals surface area contributed by atoms with E-state index in [1.54, 1.807) is 12.2 Å². The molecule has 44 heavy (non-hydrogen) atoms. The van der Waals surface area contributed by atoms with Gasteiger partial charge in [-0.2, -0.15) is 20.8 Å². The summed E-state index contributed by atoms with van der Waals surface area (Å²) in [5, 5.41) is 26.7. The van der Waals surface area contributed by atoms with Gasteiger partial charge < -0.3 is 9.64 Å². The lowest BCUT2D eigenvalue weighted by Crippen LogP contribution is -2.09. The van der Waals surface area contributed by atoms with Crippen LogP contribution in [-0.4, -0.2) is 6.61 Å². The van der Waals surface area contributed by atoms with E-state index in [1.165, 1.54) is 96.3 Å². The summed E-state index contributed by atoms with van der Waals surface area (Å²) in [5.74, 6) is 0.867. The number of hydrogen-bond acceptors (Lipinski definition) is 6. The summed E-state index contributed by atoms with van der Waals surface area (Å²) in [6.07, 6.45) is 29.1. The van der Waals surface area contributed by atoms with Crippen molar-refractivity contribution < 1.29 is 4.74 Å². The second kappa shape index (κ2) is 21.5. The minimum atomic E-state index is 0.0999. The molecule has 0 amide bonds. The van der Waals surface area contributed by atoms with Crippen molar-refractivity contribution in [1.82, 2.24) is 0 Å². The summed E-state index contributed by atoms with van der Waals surface area (Å²) >= 11 is 0. The Morgan fingerprint density at radius 1 is 0.614 bits per heavy atom. The van der Waals surface area contributed by atoms with Crippen molar-refractivity contribution >= 4 is 17.1 Å². The largest absolute Gasteiger partial charge is 0.494 e. The molecule has 1 aliphatic rings. The van der Waals surface area contributed by atoms with Crippen molar-refractivity contribution in [3.63, 3.8) is 0 Å². The number of nitrogens with zero attached hydrogens (tertiary/aromatic N) is 5. The molecular formula is C38H49N5O. The van der Waals surface area contributed by atoms with Crippen LogP contribution in [0.15, 0.2) is 94.5 Å². The van der Waals surface area contributed by atoms with Gasteiger partial charge in [-0.25, -0.2) is 0 Å². The summed E-state index contributed by atoms with van der Waals surface area (Å²) in [4.78, 5) is 1.91. The molecule has 0 unspecified atom stereocenters. The van der Waals surface area contributed by atoms with Gasteiger partial charge in [-0.3, -0.25) is 0 Å². The minimum absolute atomic E-state index is 0.0999. The number of anilines is 1. The normalized spacial score (nSPS) is 12.4. The van der Waals surface area contributed by atoms with E-state index in [2.05, 4.69) is 17.2 Å². The Labute approximate surface area is 265 Å². The van der Waals surface area contributed by atoms with Gasteiger partial charge in [0.15, 0.2) is 0 Å². The highest BCUT2D eigenvalue weighted by molar-refractivity contribution is 5.61. The molecule has 6 heteroatoms. The summed E-state index contributed by atoms with van der Waals surface area (Å²) < 4.78 is 5.92. The third-order valence-electron chi connectivity index (χ3n) is 7.87. The Kier molecular flexibility index (Phi) is 16.8.